The molecular formula is C19H19ClN4OS. The van der Waals surface area contributed by atoms with E-state index in [0.29, 0.717) is 22.5 Å². The maximum atomic E-state index is 11.9. The molecule has 1 heterocycles. The van der Waals surface area contributed by atoms with Crippen LogP contribution in [0.4, 0.5) is 0 Å². The molecule has 0 spiro atoms. The molecule has 0 radical (unpaired) electrons. The minimum Gasteiger partial charge on any atom is -0.355 e. The van der Waals surface area contributed by atoms with E-state index in [0.717, 1.165) is 23.5 Å². The minimum atomic E-state index is -0.0104. The SMILES string of the molecule is CCCNC(=O)CSc1nnc(-c2ccccc2)n1-c1ccc(Cl)cc1. The van der Waals surface area contributed by atoms with Crippen LogP contribution in [0, 0.1) is 0 Å². The Morgan fingerprint density at radius 1 is 1.12 bits per heavy atom. The van der Waals surface area contributed by atoms with Gasteiger partial charge in [0.15, 0.2) is 11.0 Å². The van der Waals surface area contributed by atoms with Crippen molar-refractivity contribution in [3.05, 3.63) is 59.6 Å². The summed E-state index contributed by atoms with van der Waals surface area (Å²) in [4.78, 5) is 11.9. The molecule has 134 valence electrons. The topological polar surface area (TPSA) is 59.8 Å². The van der Waals surface area contributed by atoms with Crippen molar-refractivity contribution in [2.45, 2.75) is 18.5 Å². The molecule has 1 N–H and O–H groups in total. The third-order valence-electron chi connectivity index (χ3n) is 3.65. The van der Waals surface area contributed by atoms with Crippen molar-refractivity contribution in [2.75, 3.05) is 12.3 Å². The van der Waals surface area contributed by atoms with Crippen LogP contribution in [-0.2, 0) is 4.79 Å². The first-order valence-electron chi connectivity index (χ1n) is 8.35. The molecule has 0 aliphatic carbocycles. The van der Waals surface area contributed by atoms with E-state index in [-0.39, 0.29) is 5.91 Å². The van der Waals surface area contributed by atoms with Gasteiger partial charge < -0.3 is 5.32 Å². The molecule has 0 bridgehead atoms. The van der Waals surface area contributed by atoms with Crippen molar-refractivity contribution in [3.8, 4) is 17.1 Å². The van der Waals surface area contributed by atoms with Crippen LogP contribution in [0.25, 0.3) is 17.1 Å². The molecule has 7 heteroatoms. The molecule has 3 aromatic rings. The van der Waals surface area contributed by atoms with Crippen molar-refractivity contribution in [3.63, 3.8) is 0 Å². The number of benzene rings is 2. The summed E-state index contributed by atoms with van der Waals surface area (Å²) in [5, 5.41) is 12.9. The fourth-order valence-corrected chi connectivity index (χ4v) is 3.31. The number of thioether (sulfide) groups is 1. The summed E-state index contributed by atoms with van der Waals surface area (Å²) in [6.45, 7) is 2.70. The molecule has 26 heavy (non-hydrogen) atoms. The van der Waals surface area contributed by atoms with Gasteiger partial charge in [0.1, 0.15) is 0 Å². The lowest BCUT2D eigenvalue weighted by Gasteiger charge is -2.10. The minimum absolute atomic E-state index is 0.0104. The number of hydrogen-bond acceptors (Lipinski definition) is 4. The number of carbonyl (C=O) groups is 1. The number of amides is 1. The molecule has 1 amide bonds. The molecule has 0 saturated carbocycles. The molecule has 0 saturated heterocycles. The summed E-state index contributed by atoms with van der Waals surface area (Å²) in [6.07, 6.45) is 0.912. The fraction of sp³-hybridized carbons (Fsp3) is 0.211. The van der Waals surface area contributed by atoms with E-state index in [1.807, 2.05) is 66.1 Å². The molecular weight excluding hydrogens is 368 g/mol. The predicted octanol–water partition coefficient (Wildman–Crippen LogP) is 4.21. The van der Waals surface area contributed by atoms with Crippen molar-refractivity contribution in [2.24, 2.45) is 0 Å². The zero-order chi connectivity index (χ0) is 18.4. The average molecular weight is 387 g/mol. The summed E-state index contributed by atoms with van der Waals surface area (Å²) < 4.78 is 1.95. The van der Waals surface area contributed by atoms with Gasteiger partial charge in [0.25, 0.3) is 0 Å². The van der Waals surface area contributed by atoms with Crippen LogP contribution >= 0.6 is 23.4 Å². The van der Waals surface area contributed by atoms with Crippen LogP contribution in [0.1, 0.15) is 13.3 Å². The van der Waals surface area contributed by atoms with E-state index >= 15 is 0 Å². The standard InChI is InChI=1S/C19H19ClN4OS/c1-2-12-21-17(25)13-26-19-23-22-18(14-6-4-3-5-7-14)24(19)16-10-8-15(20)9-11-16/h3-11H,2,12-13H2,1H3,(H,21,25). The van der Waals surface area contributed by atoms with Gasteiger partial charge in [-0.05, 0) is 30.7 Å². The quantitative estimate of drug-likeness (QED) is 0.618. The van der Waals surface area contributed by atoms with Gasteiger partial charge >= 0.3 is 0 Å². The van der Waals surface area contributed by atoms with Gasteiger partial charge in [0.05, 0.1) is 5.75 Å². The predicted molar refractivity (Wildman–Crippen MR) is 106 cm³/mol. The van der Waals surface area contributed by atoms with Crippen LogP contribution in [0.2, 0.25) is 5.02 Å². The Balaban J connectivity index is 1.93. The van der Waals surface area contributed by atoms with Crippen molar-refractivity contribution in [1.82, 2.24) is 20.1 Å². The third kappa shape index (κ3) is 4.45. The number of nitrogens with zero attached hydrogens (tertiary/aromatic N) is 3. The zero-order valence-electron chi connectivity index (χ0n) is 14.4. The van der Waals surface area contributed by atoms with Gasteiger partial charge in [-0.2, -0.15) is 0 Å². The maximum absolute atomic E-state index is 11.9. The maximum Gasteiger partial charge on any atom is 0.230 e. The molecule has 2 aromatic carbocycles. The van der Waals surface area contributed by atoms with Gasteiger partial charge in [-0.3, -0.25) is 9.36 Å². The van der Waals surface area contributed by atoms with Crippen molar-refractivity contribution in [1.29, 1.82) is 0 Å². The fourth-order valence-electron chi connectivity index (χ4n) is 2.41. The third-order valence-corrected chi connectivity index (χ3v) is 4.84. The van der Waals surface area contributed by atoms with E-state index in [4.69, 9.17) is 11.6 Å². The van der Waals surface area contributed by atoms with E-state index in [9.17, 15) is 4.79 Å². The van der Waals surface area contributed by atoms with E-state index in [1.165, 1.54) is 11.8 Å². The highest BCUT2D eigenvalue weighted by Crippen LogP contribution is 2.28. The lowest BCUT2D eigenvalue weighted by molar-refractivity contribution is -0.118. The largest absolute Gasteiger partial charge is 0.355 e. The van der Waals surface area contributed by atoms with Crippen molar-refractivity contribution < 1.29 is 4.79 Å². The first-order chi connectivity index (χ1) is 12.7. The number of halogens is 1. The van der Waals surface area contributed by atoms with Gasteiger partial charge in [-0.15, -0.1) is 10.2 Å². The summed E-state index contributed by atoms with van der Waals surface area (Å²) in [6, 6.07) is 17.3. The normalized spacial score (nSPS) is 10.7. The number of aromatic nitrogens is 3. The van der Waals surface area contributed by atoms with Crippen LogP contribution in [0.3, 0.4) is 0 Å². The molecule has 0 atom stereocenters. The van der Waals surface area contributed by atoms with E-state index < -0.39 is 0 Å². The van der Waals surface area contributed by atoms with Crippen LogP contribution in [0.15, 0.2) is 59.8 Å². The Bertz CT molecular complexity index is 865. The number of hydrogen-bond donors (Lipinski definition) is 1. The van der Waals surface area contributed by atoms with Gasteiger partial charge in [0, 0.05) is 22.8 Å². The number of carbonyl (C=O) groups excluding carboxylic acids is 1. The molecule has 0 aliphatic heterocycles. The summed E-state index contributed by atoms with van der Waals surface area (Å²) in [5.41, 5.74) is 1.85. The Labute approximate surface area is 161 Å². The van der Waals surface area contributed by atoms with Crippen LogP contribution in [0.5, 0.6) is 0 Å². The Hall–Kier alpha value is -2.31. The second-order valence-electron chi connectivity index (χ2n) is 5.62. The van der Waals surface area contributed by atoms with Gasteiger partial charge in [0.2, 0.25) is 5.91 Å². The Morgan fingerprint density at radius 3 is 2.54 bits per heavy atom. The summed E-state index contributed by atoms with van der Waals surface area (Å²) in [5.74, 6) is 1.01. The van der Waals surface area contributed by atoms with Crippen molar-refractivity contribution >= 4 is 29.3 Å². The lowest BCUT2D eigenvalue weighted by Crippen LogP contribution is -2.25. The number of nitrogens with one attached hydrogen (secondary N) is 1. The molecule has 0 fully saturated rings. The second-order valence-corrected chi connectivity index (χ2v) is 7.00. The van der Waals surface area contributed by atoms with Crippen LogP contribution in [-0.4, -0.2) is 33.0 Å². The first-order valence-corrected chi connectivity index (χ1v) is 9.71. The Morgan fingerprint density at radius 2 is 1.85 bits per heavy atom. The highest BCUT2D eigenvalue weighted by molar-refractivity contribution is 7.99. The van der Waals surface area contributed by atoms with Crippen LogP contribution < -0.4 is 5.32 Å². The van der Waals surface area contributed by atoms with Gasteiger partial charge in [-0.1, -0.05) is 60.6 Å². The molecule has 3 rings (SSSR count). The van der Waals surface area contributed by atoms with Gasteiger partial charge in [-0.25, -0.2) is 0 Å². The highest BCUT2D eigenvalue weighted by atomic mass is 35.5. The smallest absolute Gasteiger partial charge is 0.230 e. The number of rotatable bonds is 7. The highest BCUT2D eigenvalue weighted by Gasteiger charge is 2.17. The second kappa shape index (κ2) is 8.87. The monoisotopic (exact) mass is 386 g/mol. The first kappa shape index (κ1) is 18.5. The molecule has 0 unspecified atom stereocenters. The summed E-state index contributed by atoms with van der Waals surface area (Å²) in [7, 11) is 0. The Kier molecular flexibility index (Phi) is 6.30. The lowest BCUT2D eigenvalue weighted by atomic mass is 10.2. The summed E-state index contributed by atoms with van der Waals surface area (Å²) >= 11 is 7.39. The van der Waals surface area contributed by atoms with E-state index in [2.05, 4.69) is 15.5 Å². The molecule has 1 aromatic heterocycles. The average Bonchev–Trinajstić information content (AvgIpc) is 3.10. The molecule has 0 aliphatic rings. The molecule has 5 nitrogen and oxygen atoms in total. The van der Waals surface area contributed by atoms with E-state index in [1.54, 1.807) is 0 Å². The zero-order valence-corrected chi connectivity index (χ0v) is 15.9.